The van der Waals surface area contributed by atoms with E-state index in [9.17, 15) is 9.90 Å². The number of aryl methyl sites for hydroxylation is 2. The van der Waals surface area contributed by atoms with Gasteiger partial charge in [-0.15, -0.1) is 0 Å². The molecule has 7 nitrogen and oxygen atoms in total. The van der Waals surface area contributed by atoms with Gasteiger partial charge in [0, 0.05) is 29.3 Å². The highest BCUT2D eigenvalue weighted by Gasteiger charge is 2.20. The van der Waals surface area contributed by atoms with Crippen molar-refractivity contribution >= 4 is 28.5 Å². The van der Waals surface area contributed by atoms with Gasteiger partial charge in [-0.2, -0.15) is 4.98 Å². The zero-order valence-electron chi connectivity index (χ0n) is 20.4. The summed E-state index contributed by atoms with van der Waals surface area (Å²) in [5.74, 6) is 0.378. The van der Waals surface area contributed by atoms with Crippen molar-refractivity contribution in [2.75, 3.05) is 0 Å². The maximum absolute atomic E-state index is 11.5. The van der Waals surface area contributed by atoms with E-state index in [0.717, 1.165) is 28.6 Å². The topological polar surface area (TPSA) is 90.4 Å². The number of ether oxygens (including phenoxy) is 1. The molecule has 0 spiro atoms. The van der Waals surface area contributed by atoms with E-state index in [0.29, 0.717) is 47.3 Å². The second-order valence-electron chi connectivity index (χ2n) is 8.85. The van der Waals surface area contributed by atoms with Gasteiger partial charge in [0.2, 0.25) is 5.82 Å². The summed E-state index contributed by atoms with van der Waals surface area (Å²) in [5, 5.41) is 15.2. The van der Waals surface area contributed by atoms with E-state index in [1.54, 1.807) is 12.1 Å². The summed E-state index contributed by atoms with van der Waals surface area (Å²) in [6.07, 6.45) is 3.96. The number of carboxylic acid groups (broad SMARTS) is 1. The predicted octanol–water partition coefficient (Wildman–Crippen LogP) is 6.86. The van der Waals surface area contributed by atoms with Crippen LogP contribution in [0.4, 0.5) is 0 Å². The molecule has 2 aromatic heterocycles. The lowest BCUT2D eigenvalue weighted by Gasteiger charge is -2.13. The molecular weight excluding hydrogens is 466 g/mol. The summed E-state index contributed by atoms with van der Waals surface area (Å²) < 4.78 is 13.5. The SMILES string of the molecule is CCC(CCc1ccc(-c2noc(-c3ccc(OC(C)C)c(Cl)c3)n2)c2ccn(CC)c12)C(=O)O. The third-order valence-electron chi connectivity index (χ3n) is 6.16. The molecule has 1 N–H and O–H groups in total. The van der Waals surface area contributed by atoms with E-state index in [1.165, 1.54) is 0 Å². The summed E-state index contributed by atoms with van der Waals surface area (Å²) in [5.41, 5.74) is 3.77. The Balaban J connectivity index is 1.67. The lowest BCUT2D eigenvalue weighted by Crippen LogP contribution is -2.13. The average Bonchev–Trinajstić information content (AvgIpc) is 3.48. The fraction of sp³-hybridized carbons (Fsp3) is 0.370. The molecule has 184 valence electrons. The van der Waals surface area contributed by atoms with Gasteiger partial charge in [-0.3, -0.25) is 4.79 Å². The van der Waals surface area contributed by atoms with Crippen molar-refractivity contribution in [3.8, 4) is 28.6 Å². The van der Waals surface area contributed by atoms with E-state index in [1.807, 2.05) is 45.2 Å². The van der Waals surface area contributed by atoms with Crippen molar-refractivity contribution < 1.29 is 19.2 Å². The average molecular weight is 496 g/mol. The highest BCUT2D eigenvalue weighted by atomic mass is 35.5. The third kappa shape index (κ3) is 5.20. The summed E-state index contributed by atoms with van der Waals surface area (Å²) in [4.78, 5) is 16.1. The quantitative estimate of drug-likeness (QED) is 0.258. The normalized spacial score (nSPS) is 12.4. The van der Waals surface area contributed by atoms with Crippen molar-refractivity contribution in [1.29, 1.82) is 0 Å². The molecule has 0 radical (unpaired) electrons. The Kier molecular flexibility index (Phi) is 7.45. The summed E-state index contributed by atoms with van der Waals surface area (Å²) in [6.45, 7) is 8.70. The number of rotatable bonds is 10. The lowest BCUT2D eigenvalue weighted by atomic mass is 9.95. The van der Waals surface area contributed by atoms with Crippen molar-refractivity contribution in [2.45, 2.75) is 59.6 Å². The predicted molar refractivity (Wildman–Crippen MR) is 137 cm³/mol. The number of fused-ring (bicyclic) bond motifs is 1. The molecule has 8 heteroatoms. The van der Waals surface area contributed by atoms with Crippen LogP contribution < -0.4 is 4.74 Å². The van der Waals surface area contributed by atoms with Gasteiger partial charge in [0.15, 0.2) is 0 Å². The molecule has 0 fully saturated rings. The highest BCUT2D eigenvalue weighted by molar-refractivity contribution is 6.32. The number of hydrogen-bond acceptors (Lipinski definition) is 5. The van der Waals surface area contributed by atoms with Gasteiger partial charge in [0.05, 0.1) is 22.6 Å². The zero-order chi connectivity index (χ0) is 25.1. The van der Waals surface area contributed by atoms with Crippen LogP contribution in [0.3, 0.4) is 0 Å². The van der Waals surface area contributed by atoms with Crippen LogP contribution in [0, 0.1) is 5.92 Å². The minimum absolute atomic E-state index is 0.0196. The molecule has 1 atom stereocenters. The standard InChI is InChI=1S/C27H30ClN3O4/c1-5-17(27(32)33)7-8-18-9-11-21(20-13-14-31(6-2)24(18)20)25-29-26(35-30-25)19-10-12-23(22(28)15-19)34-16(3)4/h9-17H,5-8H2,1-4H3,(H,32,33). The van der Waals surface area contributed by atoms with Gasteiger partial charge in [-0.25, -0.2) is 0 Å². The summed E-state index contributed by atoms with van der Waals surface area (Å²) in [6, 6.07) is 11.5. The van der Waals surface area contributed by atoms with Gasteiger partial charge < -0.3 is 18.9 Å². The first-order valence-corrected chi connectivity index (χ1v) is 12.3. The van der Waals surface area contributed by atoms with Crippen LogP contribution in [0.1, 0.15) is 46.1 Å². The largest absolute Gasteiger partial charge is 0.489 e. The second-order valence-corrected chi connectivity index (χ2v) is 9.26. The van der Waals surface area contributed by atoms with Gasteiger partial charge in [-0.1, -0.05) is 35.8 Å². The molecule has 0 amide bonds. The van der Waals surface area contributed by atoms with E-state index >= 15 is 0 Å². The smallest absolute Gasteiger partial charge is 0.306 e. The number of hydrogen-bond donors (Lipinski definition) is 1. The maximum Gasteiger partial charge on any atom is 0.306 e. The van der Waals surface area contributed by atoms with E-state index in [4.69, 9.17) is 20.9 Å². The Morgan fingerprint density at radius 1 is 1.20 bits per heavy atom. The number of nitrogens with zero attached hydrogens (tertiary/aromatic N) is 3. The van der Waals surface area contributed by atoms with E-state index in [2.05, 4.69) is 27.7 Å². The summed E-state index contributed by atoms with van der Waals surface area (Å²) >= 11 is 6.39. The molecule has 0 bridgehead atoms. The minimum atomic E-state index is -0.741. The molecule has 4 aromatic rings. The molecule has 0 saturated heterocycles. The van der Waals surface area contributed by atoms with Gasteiger partial charge in [-0.05, 0) is 69.9 Å². The lowest BCUT2D eigenvalue weighted by molar-refractivity contribution is -0.142. The first kappa shape index (κ1) is 24.8. The monoisotopic (exact) mass is 495 g/mol. The minimum Gasteiger partial charge on any atom is -0.489 e. The first-order valence-electron chi connectivity index (χ1n) is 12.0. The fourth-order valence-electron chi connectivity index (χ4n) is 4.33. The van der Waals surface area contributed by atoms with Crippen LogP contribution in [-0.4, -0.2) is 31.9 Å². The molecular formula is C27H30ClN3O4. The third-order valence-corrected chi connectivity index (χ3v) is 6.46. The Labute approximate surface area is 209 Å². The second kappa shape index (κ2) is 10.5. The number of carbonyl (C=O) groups is 1. The molecule has 0 aliphatic rings. The Morgan fingerprint density at radius 3 is 2.66 bits per heavy atom. The molecule has 0 saturated carbocycles. The van der Waals surface area contributed by atoms with Gasteiger partial charge >= 0.3 is 5.97 Å². The first-order chi connectivity index (χ1) is 16.8. The van der Waals surface area contributed by atoms with Crippen LogP contribution in [0.25, 0.3) is 33.7 Å². The van der Waals surface area contributed by atoms with Crippen LogP contribution in [0.15, 0.2) is 47.1 Å². The Morgan fingerprint density at radius 2 is 2.00 bits per heavy atom. The van der Waals surface area contributed by atoms with Crippen molar-refractivity contribution in [3.05, 3.63) is 53.2 Å². The van der Waals surface area contributed by atoms with Crippen LogP contribution >= 0.6 is 11.6 Å². The van der Waals surface area contributed by atoms with E-state index in [-0.39, 0.29) is 12.0 Å². The molecule has 0 aliphatic carbocycles. The van der Waals surface area contributed by atoms with Gasteiger partial charge in [0.1, 0.15) is 5.75 Å². The highest BCUT2D eigenvalue weighted by Crippen LogP contribution is 2.34. The molecule has 1 unspecified atom stereocenters. The van der Waals surface area contributed by atoms with Gasteiger partial charge in [0.25, 0.3) is 5.89 Å². The number of halogens is 1. The van der Waals surface area contributed by atoms with Crippen molar-refractivity contribution in [2.24, 2.45) is 5.92 Å². The molecule has 2 heterocycles. The van der Waals surface area contributed by atoms with Crippen molar-refractivity contribution in [1.82, 2.24) is 14.7 Å². The molecule has 35 heavy (non-hydrogen) atoms. The van der Waals surface area contributed by atoms with Crippen LogP contribution in [0.2, 0.25) is 5.02 Å². The number of benzene rings is 2. The maximum atomic E-state index is 11.5. The molecule has 0 aliphatic heterocycles. The van der Waals surface area contributed by atoms with E-state index < -0.39 is 5.97 Å². The van der Waals surface area contributed by atoms with Crippen molar-refractivity contribution in [3.63, 3.8) is 0 Å². The fourth-order valence-corrected chi connectivity index (χ4v) is 4.55. The Bertz CT molecular complexity index is 1340. The summed E-state index contributed by atoms with van der Waals surface area (Å²) in [7, 11) is 0. The molecule has 4 rings (SSSR count). The number of aromatic nitrogens is 3. The zero-order valence-corrected chi connectivity index (χ0v) is 21.2. The van der Waals surface area contributed by atoms with Crippen LogP contribution in [0.5, 0.6) is 5.75 Å². The molecule has 2 aromatic carbocycles. The Hall–Kier alpha value is -3.32. The number of aliphatic carboxylic acids is 1. The van der Waals surface area contributed by atoms with Crippen LogP contribution in [-0.2, 0) is 17.8 Å². The number of carboxylic acids is 1.